The molecule has 0 atom stereocenters. The second-order valence-electron chi connectivity index (χ2n) is 3.25. The van der Waals surface area contributed by atoms with Crippen LogP contribution in [0.3, 0.4) is 0 Å². The fourth-order valence-electron chi connectivity index (χ4n) is 0.887. The molecule has 1 rings (SSSR count). The van der Waals surface area contributed by atoms with Crippen molar-refractivity contribution in [3.8, 4) is 0 Å². The number of hydrogen-bond donors (Lipinski definition) is 0. The predicted octanol–water partition coefficient (Wildman–Crippen LogP) is 1.65. The minimum Gasteiger partial charge on any atom is -0.336 e. The van der Waals surface area contributed by atoms with Crippen molar-refractivity contribution in [1.29, 1.82) is 0 Å². The standard InChI is InChI=1S/C8H11NO2S/c1-6(10)11-9-5-4-8(2,3)7(9)12/h4-5H,1-3H3. The SMILES string of the molecule is CC(=O)ON1C=CC(C)(C)C1=S. The third-order valence-corrected chi connectivity index (χ3v) is 2.31. The number of rotatable bonds is 1. The van der Waals surface area contributed by atoms with Crippen molar-refractivity contribution in [3.63, 3.8) is 0 Å². The van der Waals surface area contributed by atoms with Gasteiger partial charge in [0, 0.05) is 18.5 Å². The Bertz CT molecular complexity index is 258. The lowest BCUT2D eigenvalue weighted by molar-refractivity contribution is -0.162. The van der Waals surface area contributed by atoms with Crippen molar-refractivity contribution in [2.75, 3.05) is 0 Å². The van der Waals surface area contributed by atoms with Crippen LogP contribution in [0.15, 0.2) is 12.3 Å². The molecule has 3 nitrogen and oxygen atoms in total. The summed E-state index contributed by atoms with van der Waals surface area (Å²) in [5.41, 5.74) is -0.190. The van der Waals surface area contributed by atoms with E-state index in [9.17, 15) is 4.79 Å². The summed E-state index contributed by atoms with van der Waals surface area (Å²) in [4.78, 5) is 16.0. The summed E-state index contributed by atoms with van der Waals surface area (Å²) >= 11 is 5.08. The molecule has 0 saturated carbocycles. The summed E-state index contributed by atoms with van der Waals surface area (Å²) in [6.45, 7) is 5.28. The van der Waals surface area contributed by atoms with Gasteiger partial charge in [-0.25, -0.2) is 4.79 Å². The Balaban J connectivity index is 2.69. The van der Waals surface area contributed by atoms with Crippen LogP contribution in [0.4, 0.5) is 0 Å². The van der Waals surface area contributed by atoms with Gasteiger partial charge in [0.1, 0.15) is 4.99 Å². The lowest BCUT2D eigenvalue weighted by Crippen LogP contribution is -2.30. The first-order chi connectivity index (χ1) is 5.43. The Morgan fingerprint density at radius 1 is 1.67 bits per heavy atom. The first kappa shape index (κ1) is 9.19. The topological polar surface area (TPSA) is 29.5 Å². The van der Waals surface area contributed by atoms with Crippen molar-refractivity contribution in [2.45, 2.75) is 20.8 Å². The van der Waals surface area contributed by atoms with Crippen LogP contribution in [0.5, 0.6) is 0 Å². The minimum absolute atomic E-state index is 0.190. The molecule has 0 aromatic rings. The maximum absolute atomic E-state index is 10.6. The highest BCUT2D eigenvalue weighted by Crippen LogP contribution is 2.28. The number of nitrogens with zero attached hydrogens (tertiary/aromatic N) is 1. The highest BCUT2D eigenvalue weighted by molar-refractivity contribution is 7.80. The van der Waals surface area contributed by atoms with E-state index >= 15 is 0 Å². The molecule has 4 heteroatoms. The molecular weight excluding hydrogens is 174 g/mol. The Morgan fingerprint density at radius 3 is 2.58 bits per heavy atom. The lowest BCUT2D eigenvalue weighted by atomic mass is 9.96. The van der Waals surface area contributed by atoms with E-state index in [1.54, 1.807) is 6.20 Å². The van der Waals surface area contributed by atoms with Crippen molar-refractivity contribution in [1.82, 2.24) is 5.06 Å². The van der Waals surface area contributed by atoms with E-state index in [4.69, 9.17) is 17.1 Å². The summed E-state index contributed by atoms with van der Waals surface area (Å²) in [7, 11) is 0. The fraction of sp³-hybridized carbons (Fsp3) is 0.500. The molecule has 0 bridgehead atoms. The third-order valence-electron chi connectivity index (χ3n) is 1.60. The van der Waals surface area contributed by atoms with E-state index in [1.165, 1.54) is 12.0 Å². The Hall–Kier alpha value is -0.900. The second kappa shape index (κ2) is 2.86. The second-order valence-corrected chi connectivity index (χ2v) is 3.64. The highest BCUT2D eigenvalue weighted by Gasteiger charge is 2.31. The third kappa shape index (κ3) is 1.64. The van der Waals surface area contributed by atoms with Crippen LogP contribution in [-0.2, 0) is 9.63 Å². The van der Waals surface area contributed by atoms with E-state index < -0.39 is 0 Å². The van der Waals surface area contributed by atoms with E-state index in [2.05, 4.69) is 0 Å². The van der Waals surface area contributed by atoms with Crippen molar-refractivity contribution >= 4 is 23.2 Å². The van der Waals surface area contributed by atoms with Gasteiger partial charge in [0.15, 0.2) is 0 Å². The van der Waals surface area contributed by atoms with Gasteiger partial charge in [-0.3, -0.25) is 0 Å². The average Bonchev–Trinajstić information content (AvgIpc) is 2.15. The zero-order valence-corrected chi connectivity index (χ0v) is 8.14. The molecule has 0 N–H and O–H groups in total. The van der Waals surface area contributed by atoms with Gasteiger partial charge in [0.05, 0.1) is 0 Å². The molecule has 0 aliphatic carbocycles. The first-order valence-corrected chi connectivity index (χ1v) is 4.06. The summed E-state index contributed by atoms with van der Waals surface area (Å²) < 4.78 is 0. The molecule has 0 fully saturated rings. The van der Waals surface area contributed by atoms with E-state index in [1.807, 2.05) is 19.9 Å². The summed E-state index contributed by atoms with van der Waals surface area (Å²) in [5, 5.41) is 1.33. The quantitative estimate of drug-likeness (QED) is 0.581. The predicted molar refractivity (Wildman–Crippen MR) is 49.1 cm³/mol. The van der Waals surface area contributed by atoms with Gasteiger partial charge >= 0.3 is 5.97 Å². The number of thiocarbonyl (C=S) groups is 1. The number of hydroxylamine groups is 2. The van der Waals surface area contributed by atoms with Crippen LogP contribution in [0.25, 0.3) is 0 Å². The van der Waals surface area contributed by atoms with Crippen LogP contribution in [0.1, 0.15) is 20.8 Å². The fourth-order valence-corrected chi connectivity index (χ4v) is 1.05. The van der Waals surface area contributed by atoms with Crippen LogP contribution in [0, 0.1) is 5.41 Å². The average molecular weight is 185 g/mol. The van der Waals surface area contributed by atoms with Crippen LogP contribution in [-0.4, -0.2) is 16.0 Å². The van der Waals surface area contributed by atoms with Gasteiger partial charge in [-0.15, -0.1) is 0 Å². The monoisotopic (exact) mass is 185 g/mol. The molecule has 12 heavy (non-hydrogen) atoms. The summed E-state index contributed by atoms with van der Waals surface area (Å²) in [6.07, 6.45) is 3.57. The number of hydrogen-bond acceptors (Lipinski definition) is 3. The van der Waals surface area contributed by atoms with Gasteiger partial charge in [-0.1, -0.05) is 18.3 Å². The van der Waals surface area contributed by atoms with Gasteiger partial charge in [-0.05, 0) is 13.8 Å². The maximum Gasteiger partial charge on any atom is 0.329 e. The smallest absolute Gasteiger partial charge is 0.329 e. The van der Waals surface area contributed by atoms with Crippen LogP contribution < -0.4 is 0 Å². The lowest BCUT2D eigenvalue weighted by Gasteiger charge is -2.20. The Kier molecular flexibility index (Phi) is 2.19. The minimum atomic E-state index is -0.361. The number of carbonyl (C=O) groups is 1. The van der Waals surface area contributed by atoms with E-state index in [-0.39, 0.29) is 11.4 Å². The molecule has 0 spiro atoms. The molecule has 66 valence electrons. The molecular formula is C8H11NO2S. The first-order valence-electron chi connectivity index (χ1n) is 3.65. The van der Waals surface area contributed by atoms with Crippen molar-refractivity contribution in [2.24, 2.45) is 5.41 Å². The van der Waals surface area contributed by atoms with Gasteiger partial charge in [-0.2, -0.15) is 5.06 Å². The van der Waals surface area contributed by atoms with Crippen molar-refractivity contribution < 1.29 is 9.63 Å². The van der Waals surface area contributed by atoms with Gasteiger partial charge < -0.3 is 4.84 Å². The highest BCUT2D eigenvalue weighted by atomic mass is 32.1. The van der Waals surface area contributed by atoms with Crippen LogP contribution >= 0.6 is 12.2 Å². The largest absolute Gasteiger partial charge is 0.336 e. The molecule has 0 aromatic carbocycles. The summed E-state index contributed by atoms with van der Waals surface area (Å²) in [6, 6.07) is 0. The molecule has 1 aliphatic heterocycles. The molecule has 1 aliphatic rings. The van der Waals surface area contributed by atoms with E-state index in [0.717, 1.165) is 0 Å². The van der Waals surface area contributed by atoms with Crippen LogP contribution in [0.2, 0.25) is 0 Å². The van der Waals surface area contributed by atoms with Gasteiger partial charge in [0.25, 0.3) is 0 Å². The van der Waals surface area contributed by atoms with E-state index in [0.29, 0.717) is 4.99 Å². The molecule has 0 saturated heterocycles. The molecule has 0 unspecified atom stereocenters. The molecule has 1 heterocycles. The molecule has 0 aromatic heterocycles. The van der Waals surface area contributed by atoms with Gasteiger partial charge in [0.2, 0.25) is 0 Å². The summed E-state index contributed by atoms with van der Waals surface area (Å²) in [5.74, 6) is -0.361. The normalized spacial score (nSPS) is 19.9. The molecule has 0 amide bonds. The maximum atomic E-state index is 10.6. The zero-order chi connectivity index (χ0) is 9.35. The number of carbonyl (C=O) groups excluding carboxylic acids is 1. The molecule has 0 radical (unpaired) electrons. The van der Waals surface area contributed by atoms with Crippen molar-refractivity contribution in [3.05, 3.63) is 12.3 Å². The Morgan fingerprint density at radius 2 is 2.25 bits per heavy atom. The Labute approximate surface area is 76.9 Å². The zero-order valence-electron chi connectivity index (χ0n) is 7.33.